The molecule has 0 radical (unpaired) electrons. The molecule has 1 atom stereocenters. The second kappa shape index (κ2) is 5.79. The molecular weight excluding hydrogens is 240 g/mol. The zero-order chi connectivity index (χ0) is 12.9. The average Bonchev–Trinajstić information content (AvgIpc) is 2.24. The van der Waals surface area contributed by atoms with Crippen molar-refractivity contribution >= 4 is 15.9 Å². The smallest absolute Gasteiger partial charge is 0.240 e. The van der Waals surface area contributed by atoms with Crippen molar-refractivity contribution in [3.63, 3.8) is 0 Å². The van der Waals surface area contributed by atoms with Crippen LogP contribution in [0.3, 0.4) is 0 Å². The number of allylic oxidation sites excluding steroid dienone is 3. The molecule has 0 spiro atoms. The lowest BCUT2D eigenvalue weighted by Gasteiger charge is -2.23. The molecule has 0 saturated carbocycles. The summed E-state index contributed by atoms with van der Waals surface area (Å²) in [5.41, 5.74) is 0. The van der Waals surface area contributed by atoms with E-state index in [1.54, 1.807) is 0 Å². The molecule has 0 aliphatic carbocycles. The van der Waals surface area contributed by atoms with E-state index in [1.807, 2.05) is 0 Å². The quantitative estimate of drug-likeness (QED) is 0.701. The fraction of sp³-hybridized carbons (Fsp3) is 0.364. The van der Waals surface area contributed by atoms with Crippen LogP contribution in [0.5, 0.6) is 0 Å². The van der Waals surface area contributed by atoms with Gasteiger partial charge in [0.2, 0.25) is 15.9 Å². The molecule has 1 heterocycles. The molecule has 1 fully saturated rings. The van der Waals surface area contributed by atoms with E-state index in [4.69, 9.17) is 0 Å². The SMILES string of the molecule is C=C/C=C(\C=C)S(=O)(=O)NC1CCNC(=O)C1. The Bertz CT molecular complexity index is 451. The predicted molar refractivity (Wildman–Crippen MR) is 66.6 cm³/mol. The summed E-state index contributed by atoms with van der Waals surface area (Å²) in [6.07, 6.45) is 4.73. The number of sulfonamides is 1. The molecule has 94 valence electrons. The van der Waals surface area contributed by atoms with Crippen LogP contribution < -0.4 is 10.0 Å². The number of nitrogens with one attached hydrogen (secondary N) is 2. The minimum Gasteiger partial charge on any atom is -0.356 e. The summed E-state index contributed by atoms with van der Waals surface area (Å²) in [6, 6.07) is -0.359. The van der Waals surface area contributed by atoms with E-state index in [-0.39, 0.29) is 23.3 Å². The van der Waals surface area contributed by atoms with Crippen molar-refractivity contribution in [3.05, 3.63) is 36.3 Å². The Balaban J connectivity index is 2.78. The van der Waals surface area contributed by atoms with Crippen molar-refractivity contribution in [2.45, 2.75) is 18.9 Å². The highest BCUT2D eigenvalue weighted by Gasteiger charge is 2.24. The van der Waals surface area contributed by atoms with Crippen LogP contribution in [0, 0.1) is 0 Å². The van der Waals surface area contributed by atoms with Gasteiger partial charge in [-0.3, -0.25) is 4.79 Å². The molecule has 6 heteroatoms. The Labute approximate surface area is 101 Å². The highest BCUT2D eigenvalue weighted by atomic mass is 32.2. The van der Waals surface area contributed by atoms with E-state index >= 15 is 0 Å². The summed E-state index contributed by atoms with van der Waals surface area (Å²) in [7, 11) is -3.62. The van der Waals surface area contributed by atoms with Crippen LogP contribution in [0.2, 0.25) is 0 Å². The van der Waals surface area contributed by atoms with Gasteiger partial charge in [-0.25, -0.2) is 13.1 Å². The Morgan fingerprint density at radius 3 is 2.71 bits per heavy atom. The maximum Gasteiger partial charge on any atom is 0.240 e. The molecule has 0 aromatic heterocycles. The number of rotatable bonds is 5. The van der Waals surface area contributed by atoms with Gasteiger partial charge in [0, 0.05) is 19.0 Å². The third kappa shape index (κ3) is 3.83. The first kappa shape index (κ1) is 13.7. The minimum atomic E-state index is -3.62. The molecule has 2 N–H and O–H groups in total. The van der Waals surface area contributed by atoms with Crippen LogP contribution in [-0.4, -0.2) is 26.9 Å². The third-order valence-corrected chi connectivity index (χ3v) is 3.93. The first-order valence-corrected chi connectivity index (χ1v) is 6.72. The molecular formula is C11H16N2O3S. The molecule has 0 aromatic rings. The van der Waals surface area contributed by atoms with Gasteiger partial charge in [0.15, 0.2) is 0 Å². The molecule has 0 aromatic carbocycles. The number of piperidine rings is 1. The van der Waals surface area contributed by atoms with Crippen molar-refractivity contribution in [1.29, 1.82) is 0 Å². The minimum absolute atomic E-state index is 0.0541. The van der Waals surface area contributed by atoms with E-state index in [2.05, 4.69) is 23.2 Å². The summed E-state index contributed by atoms with van der Waals surface area (Å²) in [6.45, 7) is 7.37. The van der Waals surface area contributed by atoms with Gasteiger partial charge in [0.05, 0.1) is 4.91 Å². The average molecular weight is 256 g/mol. The molecule has 1 amide bonds. The van der Waals surface area contributed by atoms with Gasteiger partial charge in [-0.05, 0) is 18.6 Å². The van der Waals surface area contributed by atoms with Gasteiger partial charge in [0.25, 0.3) is 0 Å². The van der Waals surface area contributed by atoms with Crippen LogP contribution in [0.15, 0.2) is 36.3 Å². The summed E-state index contributed by atoms with van der Waals surface area (Å²) in [5.74, 6) is -0.142. The number of hydrogen-bond acceptors (Lipinski definition) is 3. The molecule has 1 rings (SSSR count). The zero-order valence-corrected chi connectivity index (χ0v) is 10.3. The number of carbonyl (C=O) groups excluding carboxylic acids is 1. The Hall–Kier alpha value is -1.40. The van der Waals surface area contributed by atoms with E-state index in [9.17, 15) is 13.2 Å². The first-order chi connectivity index (χ1) is 7.99. The summed E-state index contributed by atoms with van der Waals surface area (Å²) >= 11 is 0. The molecule has 1 aliphatic heterocycles. The van der Waals surface area contributed by atoms with Gasteiger partial charge >= 0.3 is 0 Å². The summed E-state index contributed by atoms with van der Waals surface area (Å²) in [5, 5.41) is 2.64. The fourth-order valence-corrected chi connectivity index (χ4v) is 2.83. The van der Waals surface area contributed by atoms with Crippen molar-refractivity contribution in [2.24, 2.45) is 0 Å². The largest absolute Gasteiger partial charge is 0.356 e. The zero-order valence-electron chi connectivity index (χ0n) is 9.48. The number of amides is 1. The van der Waals surface area contributed by atoms with Gasteiger partial charge in [-0.1, -0.05) is 19.2 Å². The highest BCUT2D eigenvalue weighted by Crippen LogP contribution is 2.11. The van der Waals surface area contributed by atoms with Crippen LogP contribution in [0.4, 0.5) is 0 Å². The monoisotopic (exact) mass is 256 g/mol. The van der Waals surface area contributed by atoms with E-state index < -0.39 is 10.0 Å². The Morgan fingerprint density at radius 1 is 1.47 bits per heavy atom. The van der Waals surface area contributed by atoms with E-state index in [1.165, 1.54) is 18.2 Å². The molecule has 1 saturated heterocycles. The topological polar surface area (TPSA) is 75.3 Å². The van der Waals surface area contributed by atoms with Crippen LogP contribution >= 0.6 is 0 Å². The third-order valence-electron chi connectivity index (χ3n) is 2.36. The molecule has 1 aliphatic rings. The second-order valence-electron chi connectivity index (χ2n) is 3.67. The van der Waals surface area contributed by atoms with Crippen molar-refractivity contribution in [3.8, 4) is 0 Å². The van der Waals surface area contributed by atoms with E-state index in [0.717, 1.165) is 0 Å². The van der Waals surface area contributed by atoms with Crippen molar-refractivity contribution in [2.75, 3.05) is 6.54 Å². The molecule has 17 heavy (non-hydrogen) atoms. The number of carbonyl (C=O) groups is 1. The highest BCUT2D eigenvalue weighted by molar-refractivity contribution is 7.93. The van der Waals surface area contributed by atoms with E-state index in [0.29, 0.717) is 13.0 Å². The Kier molecular flexibility index (Phi) is 4.65. The predicted octanol–water partition coefficient (Wildman–Crippen LogP) is 0.440. The fourth-order valence-electron chi connectivity index (χ4n) is 1.56. The maximum atomic E-state index is 11.9. The van der Waals surface area contributed by atoms with Crippen LogP contribution in [0.1, 0.15) is 12.8 Å². The maximum absolute atomic E-state index is 11.9. The van der Waals surface area contributed by atoms with Gasteiger partial charge in [-0.2, -0.15) is 0 Å². The lowest BCUT2D eigenvalue weighted by atomic mass is 10.1. The second-order valence-corrected chi connectivity index (χ2v) is 5.38. The normalized spacial score (nSPS) is 21.8. The van der Waals surface area contributed by atoms with Crippen molar-refractivity contribution in [1.82, 2.24) is 10.0 Å². The van der Waals surface area contributed by atoms with Crippen molar-refractivity contribution < 1.29 is 13.2 Å². The van der Waals surface area contributed by atoms with Gasteiger partial charge in [-0.15, -0.1) is 0 Å². The molecule has 0 bridgehead atoms. The summed E-state index contributed by atoms with van der Waals surface area (Å²) < 4.78 is 26.3. The molecule has 5 nitrogen and oxygen atoms in total. The first-order valence-electron chi connectivity index (χ1n) is 5.24. The van der Waals surface area contributed by atoms with Gasteiger partial charge < -0.3 is 5.32 Å². The lowest BCUT2D eigenvalue weighted by molar-refractivity contribution is -0.122. The van der Waals surface area contributed by atoms with Crippen LogP contribution in [-0.2, 0) is 14.8 Å². The summed E-state index contributed by atoms with van der Waals surface area (Å²) in [4.78, 5) is 11.2. The number of hydrogen-bond donors (Lipinski definition) is 2. The standard InChI is InChI=1S/C11H16N2O3S/c1-3-5-10(4-2)17(15,16)13-9-6-7-12-11(14)8-9/h3-5,9,13H,1-2,6-8H2,(H,12,14)/b10-5+. The molecule has 1 unspecified atom stereocenters. The van der Waals surface area contributed by atoms with Gasteiger partial charge in [0.1, 0.15) is 0 Å². The Morgan fingerprint density at radius 2 is 2.18 bits per heavy atom. The van der Waals surface area contributed by atoms with Crippen LogP contribution in [0.25, 0.3) is 0 Å². The lowest BCUT2D eigenvalue weighted by Crippen LogP contribution is -2.45.